The zero-order chi connectivity index (χ0) is 11.5. The number of halogens is 2. The van der Waals surface area contributed by atoms with E-state index >= 15 is 0 Å². The summed E-state index contributed by atoms with van der Waals surface area (Å²) in [5.41, 5.74) is 0.861. The molecule has 1 aliphatic carbocycles. The van der Waals surface area contributed by atoms with Gasteiger partial charge in [-0.1, -0.05) is 12.8 Å². The van der Waals surface area contributed by atoms with Crippen molar-refractivity contribution in [2.75, 3.05) is 5.32 Å². The second-order valence-electron chi connectivity index (χ2n) is 4.60. The average molecular weight is 286 g/mol. The highest BCUT2D eigenvalue weighted by atomic mass is 79.9. The van der Waals surface area contributed by atoms with Gasteiger partial charge in [-0.15, -0.1) is 0 Å². The zero-order valence-corrected chi connectivity index (χ0v) is 11.1. The molecule has 88 valence electrons. The van der Waals surface area contributed by atoms with E-state index in [2.05, 4.69) is 28.2 Å². The number of anilines is 1. The van der Waals surface area contributed by atoms with Gasteiger partial charge in [0.1, 0.15) is 5.82 Å². The van der Waals surface area contributed by atoms with Gasteiger partial charge in [-0.3, -0.25) is 0 Å². The van der Waals surface area contributed by atoms with Crippen LogP contribution >= 0.6 is 15.9 Å². The van der Waals surface area contributed by atoms with Crippen molar-refractivity contribution in [2.45, 2.75) is 38.6 Å². The van der Waals surface area contributed by atoms with Crippen LogP contribution in [0.2, 0.25) is 0 Å². The van der Waals surface area contributed by atoms with Crippen molar-refractivity contribution >= 4 is 21.6 Å². The van der Waals surface area contributed by atoms with Crippen molar-refractivity contribution in [2.24, 2.45) is 5.92 Å². The number of nitrogens with one attached hydrogen (secondary N) is 1. The second kappa shape index (κ2) is 5.17. The summed E-state index contributed by atoms with van der Waals surface area (Å²) >= 11 is 3.44. The highest BCUT2D eigenvalue weighted by Gasteiger charge is 2.21. The summed E-state index contributed by atoms with van der Waals surface area (Å²) < 4.78 is 14.0. The van der Waals surface area contributed by atoms with Crippen molar-refractivity contribution in [3.63, 3.8) is 0 Å². The molecule has 0 bridgehead atoms. The van der Waals surface area contributed by atoms with Crippen LogP contribution in [0.5, 0.6) is 0 Å². The van der Waals surface area contributed by atoms with Gasteiger partial charge in [0, 0.05) is 10.5 Å². The molecule has 1 N–H and O–H groups in total. The third-order valence-corrected chi connectivity index (χ3v) is 4.11. The first-order valence-corrected chi connectivity index (χ1v) is 6.67. The summed E-state index contributed by atoms with van der Waals surface area (Å²) in [6.07, 6.45) is 5.25. The maximum atomic E-state index is 13.1. The van der Waals surface area contributed by atoms with Crippen molar-refractivity contribution in [1.29, 1.82) is 0 Å². The Hall–Kier alpha value is -0.570. The van der Waals surface area contributed by atoms with E-state index in [1.807, 2.05) is 0 Å². The lowest BCUT2D eigenvalue weighted by molar-refractivity contribution is 0.482. The minimum Gasteiger partial charge on any atom is -0.381 e. The standard InChI is InChI=1S/C13H17BrFN/c1-9(10-4-2-3-5-10)16-13-8-11(15)6-7-12(13)14/h6-10,16H,2-5H2,1H3. The van der Waals surface area contributed by atoms with E-state index < -0.39 is 0 Å². The van der Waals surface area contributed by atoms with E-state index in [0.29, 0.717) is 6.04 Å². The molecule has 0 heterocycles. The van der Waals surface area contributed by atoms with Crippen molar-refractivity contribution < 1.29 is 4.39 Å². The summed E-state index contributed by atoms with van der Waals surface area (Å²) in [5, 5.41) is 3.41. The van der Waals surface area contributed by atoms with Crippen LogP contribution in [-0.4, -0.2) is 6.04 Å². The molecule has 1 aromatic rings. The Balaban J connectivity index is 2.04. The zero-order valence-electron chi connectivity index (χ0n) is 9.47. The van der Waals surface area contributed by atoms with Gasteiger partial charge >= 0.3 is 0 Å². The van der Waals surface area contributed by atoms with Crippen LogP contribution in [0.4, 0.5) is 10.1 Å². The van der Waals surface area contributed by atoms with E-state index in [4.69, 9.17) is 0 Å². The molecule has 1 saturated carbocycles. The average Bonchev–Trinajstić information content (AvgIpc) is 2.76. The van der Waals surface area contributed by atoms with Gasteiger partial charge in [0.2, 0.25) is 0 Å². The summed E-state index contributed by atoms with van der Waals surface area (Å²) in [6, 6.07) is 5.19. The quantitative estimate of drug-likeness (QED) is 0.857. The lowest BCUT2D eigenvalue weighted by Gasteiger charge is -2.22. The van der Waals surface area contributed by atoms with Gasteiger partial charge in [-0.2, -0.15) is 0 Å². The molecule has 0 amide bonds. The van der Waals surface area contributed by atoms with Crippen LogP contribution in [0.25, 0.3) is 0 Å². The van der Waals surface area contributed by atoms with Crippen LogP contribution in [0.3, 0.4) is 0 Å². The molecule has 0 aromatic heterocycles. The largest absolute Gasteiger partial charge is 0.381 e. The first-order valence-electron chi connectivity index (χ1n) is 5.88. The first-order chi connectivity index (χ1) is 7.66. The fourth-order valence-corrected chi connectivity index (χ4v) is 2.79. The Kier molecular flexibility index (Phi) is 3.85. The molecule has 2 rings (SSSR count). The normalized spacial score (nSPS) is 18.7. The maximum Gasteiger partial charge on any atom is 0.125 e. The number of hydrogen-bond acceptors (Lipinski definition) is 1. The molecule has 1 fully saturated rings. The third kappa shape index (κ3) is 2.76. The van der Waals surface area contributed by atoms with E-state index in [0.717, 1.165) is 16.1 Å². The van der Waals surface area contributed by atoms with Crippen molar-refractivity contribution in [1.82, 2.24) is 0 Å². The van der Waals surface area contributed by atoms with Crippen molar-refractivity contribution in [3.8, 4) is 0 Å². The number of hydrogen-bond donors (Lipinski definition) is 1. The Morgan fingerprint density at radius 1 is 1.38 bits per heavy atom. The predicted octanol–water partition coefficient (Wildman–Crippen LogP) is 4.58. The van der Waals surface area contributed by atoms with Crippen LogP contribution in [0, 0.1) is 11.7 Å². The van der Waals surface area contributed by atoms with Crippen LogP contribution in [0.1, 0.15) is 32.6 Å². The Bertz CT molecular complexity index is 361. The topological polar surface area (TPSA) is 12.0 Å². The molecule has 0 aliphatic heterocycles. The molecule has 0 radical (unpaired) electrons. The summed E-state index contributed by atoms with van der Waals surface area (Å²) in [4.78, 5) is 0. The highest BCUT2D eigenvalue weighted by molar-refractivity contribution is 9.10. The van der Waals surface area contributed by atoms with E-state index in [1.165, 1.54) is 31.7 Å². The fourth-order valence-electron chi connectivity index (χ4n) is 2.43. The molecular formula is C13H17BrFN. The minimum absolute atomic E-state index is 0.190. The lowest BCUT2D eigenvalue weighted by atomic mass is 9.99. The second-order valence-corrected chi connectivity index (χ2v) is 5.46. The van der Waals surface area contributed by atoms with Gasteiger partial charge in [-0.25, -0.2) is 4.39 Å². The van der Waals surface area contributed by atoms with Gasteiger partial charge < -0.3 is 5.32 Å². The van der Waals surface area contributed by atoms with E-state index in [1.54, 1.807) is 12.1 Å². The lowest BCUT2D eigenvalue weighted by Crippen LogP contribution is -2.24. The third-order valence-electron chi connectivity index (χ3n) is 3.42. The molecule has 1 nitrogen and oxygen atoms in total. The monoisotopic (exact) mass is 285 g/mol. The van der Waals surface area contributed by atoms with Gasteiger partial charge in [-0.05, 0) is 59.8 Å². The fraction of sp³-hybridized carbons (Fsp3) is 0.538. The SMILES string of the molecule is CC(Nc1cc(F)ccc1Br)C1CCCC1. The van der Waals surface area contributed by atoms with Crippen LogP contribution in [-0.2, 0) is 0 Å². The Morgan fingerprint density at radius 2 is 2.06 bits per heavy atom. The molecule has 1 aromatic carbocycles. The Labute approximate surface area is 105 Å². The van der Waals surface area contributed by atoms with Gasteiger partial charge in [0.25, 0.3) is 0 Å². The van der Waals surface area contributed by atoms with Gasteiger partial charge in [0.15, 0.2) is 0 Å². The summed E-state index contributed by atoms with van der Waals surface area (Å²) in [5.74, 6) is 0.541. The summed E-state index contributed by atoms with van der Waals surface area (Å²) in [6.45, 7) is 2.19. The predicted molar refractivity (Wildman–Crippen MR) is 69.1 cm³/mol. The maximum absolute atomic E-state index is 13.1. The minimum atomic E-state index is -0.190. The number of benzene rings is 1. The highest BCUT2D eigenvalue weighted by Crippen LogP contribution is 2.31. The smallest absolute Gasteiger partial charge is 0.125 e. The molecule has 0 spiro atoms. The molecular weight excluding hydrogens is 269 g/mol. The van der Waals surface area contributed by atoms with Crippen LogP contribution < -0.4 is 5.32 Å². The van der Waals surface area contributed by atoms with Crippen molar-refractivity contribution in [3.05, 3.63) is 28.5 Å². The van der Waals surface area contributed by atoms with Crippen LogP contribution in [0.15, 0.2) is 22.7 Å². The first kappa shape index (κ1) is 11.9. The molecule has 3 heteroatoms. The summed E-state index contributed by atoms with van der Waals surface area (Å²) in [7, 11) is 0. The molecule has 0 saturated heterocycles. The molecule has 1 atom stereocenters. The molecule has 1 aliphatic rings. The van der Waals surface area contributed by atoms with Gasteiger partial charge in [0.05, 0.1) is 5.69 Å². The van der Waals surface area contributed by atoms with E-state index in [9.17, 15) is 4.39 Å². The molecule has 16 heavy (non-hydrogen) atoms. The number of rotatable bonds is 3. The molecule has 1 unspecified atom stereocenters. The Morgan fingerprint density at radius 3 is 2.75 bits per heavy atom. The van der Waals surface area contributed by atoms with E-state index in [-0.39, 0.29) is 5.82 Å².